The number of nitrogens with two attached hydrogens (primary N) is 1. The molecule has 0 radical (unpaired) electrons. The second kappa shape index (κ2) is 4.11. The first-order valence-electron chi connectivity index (χ1n) is 4.69. The van der Waals surface area contributed by atoms with E-state index in [2.05, 4.69) is 0 Å². The van der Waals surface area contributed by atoms with Gasteiger partial charge in [-0.1, -0.05) is 18.2 Å². The topological polar surface area (TPSA) is 56.2 Å². The minimum atomic E-state index is -0.0285. The van der Waals surface area contributed by atoms with Gasteiger partial charge in [0.05, 0.1) is 11.6 Å². The Morgan fingerprint density at radius 3 is 3.00 bits per heavy atom. The summed E-state index contributed by atoms with van der Waals surface area (Å²) in [5.41, 5.74) is 6.88. The second-order valence-corrected chi connectivity index (χ2v) is 3.18. The monoisotopic (exact) mass is 201 g/mol. The summed E-state index contributed by atoms with van der Waals surface area (Å²) in [6.45, 7) is 0.488. The first-order chi connectivity index (χ1) is 7.31. The molecule has 0 aliphatic rings. The molecule has 1 aromatic carbocycles. The highest BCUT2D eigenvalue weighted by Crippen LogP contribution is 2.13. The number of hydrogen-bond donors (Lipinski definition) is 1. The van der Waals surface area contributed by atoms with Crippen molar-refractivity contribution in [3.63, 3.8) is 0 Å². The van der Waals surface area contributed by atoms with E-state index in [9.17, 15) is 4.79 Å². The summed E-state index contributed by atoms with van der Waals surface area (Å²) in [6, 6.07) is 6.89. The van der Waals surface area contributed by atoms with E-state index in [0.717, 1.165) is 5.56 Å². The van der Waals surface area contributed by atoms with E-state index < -0.39 is 0 Å². The van der Waals surface area contributed by atoms with Crippen molar-refractivity contribution in [3.05, 3.63) is 52.4 Å². The summed E-state index contributed by atoms with van der Waals surface area (Å²) in [6.07, 6.45) is 5.12. The van der Waals surface area contributed by atoms with Gasteiger partial charge in [-0.3, -0.25) is 4.79 Å². The van der Waals surface area contributed by atoms with E-state index >= 15 is 0 Å². The molecule has 0 spiro atoms. The first-order valence-corrected chi connectivity index (χ1v) is 4.69. The molecule has 1 aromatic heterocycles. The van der Waals surface area contributed by atoms with Gasteiger partial charge < -0.3 is 10.2 Å². The summed E-state index contributed by atoms with van der Waals surface area (Å²) >= 11 is 0. The maximum atomic E-state index is 11.5. The zero-order valence-corrected chi connectivity index (χ0v) is 8.14. The van der Waals surface area contributed by atoms with E-state index in [0.29, 0.717) is 17.5 Å². The first kappa shape index (κ1) is 9.68. The molecule has 1 heterocycles. The van der Waals surface area contributed by atoms with Crippen molar-refractivity contribution in [1.29, 1.82) is 0 Å². The Labute approximate surface area is 86.8 Å². The van der Waals surface area contributed by atoms with Gasteiger partial charge in [0.1, 0.15) is 5.58 Å². The Hall–Kier alpha value is -1.87. The largest absolute Gasteiger partial charge is 0.464 e. The smallest absolute Gasteiger partial charge is 0.192 e. The number of fused-ring (bicyclic) bond motifs is 1. The summed E-state index contributed by atoms with van der Waals surface area (Å²) in [5, 5.41) is 0.594. The van der Waals surface area contributed by atoms with Crippen molar-refractivity contribution in [2.24, 2.45) is 5.73 Å². The third-order valence-electron chi connectivity index (χ3n) is 2.13. The SMILES string of the molecule is NCC=Cc1ccc2occc(=O)c2c1. The molecular weight excluding hydrogens is 190 g/mol. The lowest BCUT2D eigenvalue weighted by Gasteiger charge is -1.97. The predicted octanol–water partition coefficient (Wildman–Crippen LogP) is 1.76. The Morgan fingerprint density at radius 1 is 1.33 bits per heavy atom. The van der Waals surface area contributed by atoms with Gasteiger partial charge in [-0.15, -0.1) is 0 Å². The third kappa shape index (κ3) is 1.97. The number of hydrogen-bond acceptors (Lipinski definition) is 3. The van der Waals surface area contributed by atoms with Crippen molar-refractivity contribution < 1.29 is 4.42 Å². The molecule has 2 N–H and O–H groups in total. The number of benzene rings is 1. The maximum absolute atomic E-state index is 11.5. The Bertz CT molecular complexity index is 555. The summed E-state index contributed by atoms with van der Waals surface area (Å²) in [7, 11) is 0. The molecule has 0 unspecified atom stereocenters. The zero-order chi connectivity index (χ0) is 10.7. The quantitative estimate of drug-likeness (QED) is 0.805. The van der Waals surface area contributed by atoms with Crippen LogP contribution in [0.2, 0.25) is 0 Å². The van der Waals surface area contributed by atoms with Gasteiger partial charge >= 0.3 is 0 Å². The molecule has 0 bridgehead atoms. The summed E-state index contributed by atoms with van der Waals surface area (Å²) < 4.78 is 5.20. The van der Waals surface area contributed by atoms with Crippen molar-refractivity contribution >= 4 is 17.0 Å². The molecule has 2 aromatic rings. The standard InChI is InChI=1S/C12H11NO2/c13-6-1-2-9-3-4-12-10(8-9)11(14)5-7-15-12/h1-5,7-8H,6,13H2. The second-order valence-electron chi connectivity index (χ2n) is 3.18. The van der Waals surface area contributed by atoms with E-state index in [1.165, 1.54) is 12.3 Å². The van der Waals surface area contributed by atoms with E-state index in [1.807, 2.05) is 18.2 Å². The lowest BCUT2D eigenvalue weighted by Crippen LogP contribution is -1.98. The Balaban J connectivity index is 2.60. The normalized spacial score (nSPS) is 11.3. The van der Waals surface area contributed by atoms with Crippen LogP contribution < -0.4 is 11.2 Å². The average molecular weight is 201 g/mol. The number of rotatable bonds is 2. The highest BCUT2D eigenvalue weighted by molar-refractivity contribution is 5.79. The third-order valence-corrected chi connectivity index (χ3v) is 2.13. The lowest BCUT2D eigenvalue weighted by molar-refractivity contribution is 0.602. The van der Waals surface area contributed by atoms with Gasteiger partial charge in [-0.05, 0) is 17.7 Å². The van der Waals surface area contributed by atoms with Crippen LogP contribution in [-0.4, -0.2) is 6.54 Å². The fourth-order valence-electron chi connectivity index (χ4n) is 1.41. The lowest BCUT2D eigenvalue weighted by atomic mass is 10.1. The van der Waals surface area contributed by atoms with Crippen molar-refractivity contribution in [1.82, 2.24) is 0 Å². The molecule has 0 amide bonds. The zero-order valence-electron chi connectivity index (χ0n) is 8.14. The van der Waals surface area contributed by atoms with Crippen LogP contribution in [0.25, 0.3) is 17.0 Å². The van der Waals surface area contributed by atoms with Crippen LogP contribution in [0.1, 0.15) is 5.56 Å². The Morgan fingerprint density at radius 2 is 2.20 bits per heavy atom. The fourth-order valence-corrected chi connectivity index (χ4v) is 1.41. The highest BCUT2D eigenvalue weighted by atomic mass is 16.3. The van der Waals surface area contributed by atoms with Gasteiger partial charge in [-0.25, -0.2) is 0 Å². The Kier molecular flexibility index (Phi) is 2.65. The molecule has 15 heavy (non-hydrogen) atoms. The average Bonchev–Trinajstić information content (AvgIpc) is 2.27. The van der Waals surface area contributed by atoms with Gasteiger partial charge in [0.15, 0.2) is 5.43 Å². The molecule has 76 valence electrons. The van der Waals surface area contributed by atoms with Crippen LogP contribution in [-0.2, 0) is 0 Å². The molecule has 0 saturated heterocycles. The molecule has 0 atom stereocenters. The molecule has 0 fully saturated rings. The molecular formula is C12H11NO2. The molecule has 0 aliphatic carbocycles. The van der Waals surface area contributed by atoms with Crippen LogP contribution in [0.15, 0.2) is 45.8 Å². The molecule has 0 saturated carbocycles. The maximum Gasteiger partial charge on any atom is 0.192 e. The molecule has 0 aliphatic heterocycles. The van der Waals surface area contributed by atoms with Crippen molar-refractivity contribution in [3.8, 4) is 0 Å². The van der Waals surface area contributed by atoms with Crippen LogP contribution in [0.5, 0.6) is 0 Å². The van der Waals surface area contributed by atoms with Crippen LogP contribution in [0.4, 0.5) is 0 Å². The van der Waals surface area contributed by atoms with Crippen molar-refractivity contribution in [2.75, 3.05) is 6.54 Å². The molecule has 2 rings (SSSR count). The molecule has 3 heteroatoms. The minimum Gasteiger partial charge on any atom is -0.464 e. The van der Waals surface area contributed by atoms with Crippen molar-refractivity contribution in [2.45, 2.75) is 0 Å². The van der Waals surface area contributed by atoms with Crippen LogP contribution in [0, 0.1) is 0 Å². The van der Waals surface area contributed by atoms with Gasteiger partial charge in [0.2, 0.25) is 0 Å². The van der Waals surface area contributed by atoms with Gasteiger partial charge in [0.25, 0.3) is 0 Å². The fraction of sp³-hybridized carbons (Fsp3) is 0.0833. The summed E-state index contributed by atoms with van der Waals surface area (Å²) in [5.74, 6) is 0. The minimum absolute atomic E-state index is 0.0285. The van der Waals surface area contributed by atoms with E-state index in [4.69, 9.17) is 10.2 Å². The van der Waals surface area contributed by atoms with Crippen LogP contribution >= 0.6 is 0 Å². The van der Waals surface area contributed by atoms with Gasteiger partial charge in [-0.2, -0.15) is 0 Å². The molecule has 3 nitrogen and oxygen atoms in total. The summed E-state index contributed by atoms with van der Waals surface area (Å²) in [4.78, 5) is 11.5. The van der Waals surface area contributed by atoms with Crippen LogP contribution in [0.3, 0.4) is 0 Å². The highest BCUT2D eigenvalue weighted by Gasteiger charge is 1.99. The van der Waals surface area contributed by atoms with E-state index in [1.54, 1.807) is 12.1 Å². The predicted molar refractivity (Wildman–Crippen MR) is 60.6 cm³/mol. The van der Waals surface area contributed by atoms with E-state index in [-0.39, 0.29) is 5.43 Å². The van der Waals surface area contributed by atoms with Gasteiger partial charge in [0, 0.05) is 12.6 Å².